The third-order valence-electron chi connectivity index (χ3n) is 3.82. The Kier molecular flexibility index (Phi) is 4.65. The molecule has 0 aliphatic rings. The van der Waals surface area contributed by atoms with Gasteiger partial charge in [0.15, 0.2) is 11.5 Å². The highest BCUT2D eigenvalue weighted by atomic mass is 35.5. The maximum atomic E-state index is 12.5. The van der Waals surface area contributed by atoms with Crippen molar-refractivity contribution in [1.82, 2.24) is 15.0 Å². The lowest BCUT2D eigenvalue weighted by atomic mass is 10.2. The van der Waals surface area contributed by atoms with Gasteiger partial charge in [0.1, 0.15) is 0 Å². The molecule has 0 aliphatic carbocycles. The van der Waals surface area contributed by atoms with Crippen molar-refractivity contribution in [2.75, 3.05) is 11.1 Å². The summed E-state index contributed by atoms with van der Waals surface area (Å²) >= 11 is 12.2. The normalized spacial score (nSPS) is 10.7. The fourth-order valence-corrected chi connectivity index (χ4v) is 2.67. The number of rotatable bonds is 3. The molecule has 0 unspecified atom stereocenters. The van der Waals surface area contributed by atoms with Crippen molar-refractivity contribution in [1.29, 1.82) is 0 Å². The van der Waals surface area contributed by atoms with E-state index in [4.69, 9.17) is 28.9 Å². The molecular formula is C17H15Cl2N5O. The average molecular weight is 376 g/mol. The molecule has 1 aromatic heterocycles. The zero-order chi connectivity index (χ0) is 18.1. The molecule has 25 heavy (non-hydrogen) atoms. The number of hydrogen-bond donors (Lipinski definition) is 2. The molecular weight excluding hydrogens is 361 g/mol. The van der Waals surface area contributed by atoms with Gasteiger partial charge < -0.3 is 11.1 Å². The van der Waals surface area contributed by atoms with Crippen molar-refractivity contribution < 1.29 is 4.79 Å². The number of halogens is 2. The molecule has 3 aromatic rings. The fourth-order valence-electron chi connectivity index (χ4n) is 2.32. The van der Waals surface area contributed by atoms with Gasteiger partial charge in [0.25, 0.3) is 5.91 Å². The zero-order valence-electron chi connectivity index (χ0n) is 13.5. The minimum atomic E-state index is -0.469. The van der Waals surface area contributed by atoms with Crippen LogP contribution in [0.15, 0.2) is 36.4 Å². The Labute approximate surface area is 154 Å². The van der Waals surface area contributed by atoms with E-state index in [-0.39, 0.29) is 11.5 Å². The predicted octanol–water partition coefficient (Wildman–Crippen LogP) is 4.03. The Morgan fingerprint density at radius 1 is 1.16 bits per heavy atom. The molecule has 0 atom stereocenters. The molecule has 0 radical (unpaired) electrons. The first kappa shape index (κ1) is 17.3. The number of aryl methyl sites for hydroxylation is 1. The summed E-state index contributed by atoms with van der Waals surface area (Å²) in [5, 5.41) is 11.7. The second kappa shape index (κ2) is 6.74. The number of nitrogens with one attached hydrogen (secondary N) is 1. The van der Waals surface area contributed by atoms with E-state index in [9.17, 15) is 4.79 Å². The summed E-state index contributed by atoms with van der Waals surface area (Å²) in [6, 6.07) is 10.6. The van der Waals surface area contributed by atoms with Crippen molar-refractivity contribution in [2.24, 2.45) is 0 Å². The summed E-state index contributed by atoms with van der Waals surface area (Å²) in [6.07, 6.45) is 0. The third kappa shape index (κ3) is 3.31. The molecule has 3 rings (SSSR count). The Bertz CT molecular complexity index is 968. The van der Waals surface area contributed by atoms with Crippen LogP contribution in [0.2, 0.25) is 10.0 Å². The van der Waals surface area contributed by atoms with E-state index in [2.05, 4.69) is 15.6 Å². The SMILES string of the molecule is Cc1ccc(NC(=O)c2nnn(-c3cccc(Cl)c3C)c2N)cc1Cl. The lowest BCUT2D eigenvalue weighted by molar-refractivity contribution is 0.102. The molecule has 3 N–H and O–H groups in total. The summed E-state index contributed by atoms with van der Waals surface area (Å²) in [6.45, 7) is 3.72. The number of carbonyl (C=O) groups excluding carboxylic acids is 1. The first-order valence-corrected chi connectivity index (χ1v) is 8.18. The van der Waals surface area contributed by atoms with E-state index in [0.717, 1.165) is 11.1 Å². The maximum absolute atomic E-state index is 12.5. The van der Waals surface area contributed by atoms with Crippen LogP contribution in [-0.2, 0) is 0 Å². The molecule has 2 aromatic carbocycles. The van der Waals surface area contributed by atoms with Crippen LogP contribution < -0.4 is 11.1 Å². The minimum Gasteiger partial charge on any atom is -0.382 e. The van der Waals surface area contributed by atoms with E-state index in [1.54, 1.807) is 30.3 Å². The molecule has 0 saturated carbocycles. The van der Waals surface area contributed by atoms with E-state index in [1.807, 2.05) is 19.9 Å². The molecule has 0 fully saturated rings. The highest BCUT2D eigenvalue weighted by Gasteiger charge is 2.20. The number of amides is 1. The van der Waals surface area contributed by atoms with Gasteiger partial charge in [0.2, 0.25) is 0 Å². The van der Waals surface area contributed by atoms with Crippen molar-refractivity contribution >= 4 is 40.6 Å². The van der Waals surface area contributed by atoms with Gasteiger partial charge in [-0.2, -0.15) is 4.68 Å². The van der Waals surface area contributed by atoms with Crippen LogP contribution in [0.4, 0.5) is 11.5 Å². The van der Waals surface area contributed by atoms with Gasteiger partial charge >= 0.3 is 0 Å². The number of carbonyl (C=O) groups is 1. The summed E-state index contributed by atoms with van der Waals surface area (Å²) in [4.78, 5) is 12.5. The van der Waals surface area contributed by atoms with E-state index >= 15 is 0 Å². The smallest absolute Gasteiger partial charge is 0.280 e. The van der Waals surface area contributed by atoms with Crippen molar-refractivity contribution in [3.63, 3.8) is 0 Å². The fraction of sp³-hybridized carbons (Fsp3) is 0.118. The Morgan fingerprint density at radius 3 is 2.64 bits per heavy atom. The summed E-state index contributed by atoms with van der Waals surface area (Å²) in [7, 11) is 0. The van der Waals surface area contributed by atoms with Gasteiger partial charge in [-0.25, -0.2) is 0 Å². The number of benzene rings is 2. The number of aromatic nitrogens is 3. The van der Waals surface area contributed by atoms with Crippen LogP contribution in [0.3, 0.4) is 0 Å². The monoisotopic (exact) mass is 375 g/mol. The molecule has 0 spiro atoms. The molecule has 1 amide bonds. The van der Waals surface area contributed by atoms with E-state index in [1.165, 1.54) is 4.68 Å². The van der Waals surface area contributed by atoms with E-state index in [0.29, 0.717) is 21.4 Å². The molecule has 8 heteroatoms. The maximum Gasteiger partial charge on any atom is 0.280 e. The molecule has 0 saturated heterocycles. The average Bonchev–Trinajstić information content (AvgIpc) is 2.95. The summed E-state index contributed by atoms with van der Waals surface area (Å²) < 4.78 is 1.39. The summed E-state index contributed by atoms with van der Waals surface area (Å²) in [5.41, 5.74) is 9.01. The second-order valence-electron chi connectivity index (χ2n) is 5.54. The third-order valence-corrected chi connectivity index (χ3v) is 4.63. The van der Waals surface area contributed by atoms with Crippen LogP contribution in [0.25, 0.3) is 5.69 Å². The quantitative estimate of drug-likeness (QED) is 0.723. The second-order valence-corrected chi connectivity index (χ2v) is 6.35. The molecule has 1 heterocycles. The van der Waals surface area contributed by atoms with E-state index < -0.39 is 5.91 Å². The van der Waals surface area contributed by atoms with Gasteiger partial charge in [0, 0.05) is 15.7 Å². The van der Waals surface area contributed by atoms with Crippen molar-refractivity contribution in [3.05, 3.63) is 63.3 Å². The lowest BCUT2D eigenvalue weighted by Crippen LogP contribution is -2.15. The van der Waals surface area contributed by atoms with Crippen LogP contribution in [0.5, 0.6) is 0 Å². The predicted molar refractivity (Wildman–Crippen MR) is 99.7 cm³/mol. The number of anilines is 2. The Balaban J connectivity index is 1.91. The highest BCUT2D eigenvalue weighted by molar-refractivity contribution is 6.32. The van der Waals surface area contributed by atoms with Gasteiger partial charge in [-0.1, -0.05) is 40.5 Å². The van der Waals surface area contributed by atoms with Gasteiger partial charge in [-0.05, 0) is 49.2 Å². The van der Waals surface area contributed by atoms with Crippen LogP contribution in [-0.4, -0.2) is 20.9 Å². The lowest BCUT2D eigenvalue weighted by Gasteiger charge is -2.08. The van der Waals surface area contributed by atoms with Gasteiger partial charge in [-0.15, -0.1) is 5.10 Å². The first-order chi connectivity index (χ1) is 11.9. The molecule has 0 bridgehead atoms. The standard InChI is InChI=1S/C17H15Cl2N5O/c1-9-6-7-11(8-13(9)19)21-17(25)15-16(20)24(23-22-15)14-5-3-4-12(18)10(14)2/h3-8H,20H2,1-2H3,(H,21,25). The Morgan fingerprint density at radius 2 is 1.92 bits per heavy atom. The number of nitrogens with two attached hydrogens (primary N) is 1. The Hall–Kier alpha value is -2.57. The van der Waals surface area contributed by atoms with Gasteiger partial charge in [0.05, 0.1) is 5.69 Å². The zero-order valence-corrected chi connectivity index (χ0v) is 15.1. The largest absolute Gasteiger partial charge is 0.382 e. The molecule has 0 aliphatic heterocycles. The highest BCUT2D eigenvalue weighted by Crippen LogP contribution is 2.25. The number of nitrogen functional groups attached to an aromatic ring is 1. The summed E-state index contributed by atoms with van der Waals surface area (Å²) in [5.74, 6) is -0.343. The van der Waals surface area contributed by atoms with Crippen LogP contribution in [0, 0.1) is 13.8 Å². The molecule has 6 nitrogen and oxygen atoms in total. The molecule has 128 valence electrons. The minimum absolute atomic E-state index is 0.0241. The van der Waals surface area contributed by atoms with Crippen molar-refractivity contribution in [2.45, 2.75) is 13.8 Å². The number of hydrogen-bond acceptors (Lipinski definition) is 4. The van der Waals surface area contributed by atoms with Gasteiger partial charge in [-0.3, -0.25) is 4.79 Å². The topological polar surface area (TPSA) is 85.8 Å². The first-order valence-electron chi connectivity index (χ1n) is 7.42. The van der Waals surface area contributed by atoms with Crippen LogP contribution in [0.1, 0.15) is 21.6 Å². The van der Waals surface area contributed by atoms with Crippen molar-refractivity contribution in [3.8, 4) is 5.69 Å². The van der Waals surface area contributed by atoms with Crippen LogP contribution >= 0.6 is 23.2 Å². The number of nitrogens with zero attached hydrogens (tertiary/aromatic N) is 3.